The van der Waals surface area contributed by atoms with Gasteiger partial charge in [0.05, 0.1) is 0 Å². The van der Waals surface area contributed by atoms with Crippen LogP contribution in [0.4, 0.5) is 0 Å². The number of nitrogens with zero attached hydrogens (tertiary/aromatic N) is 1. The van der Waals surface area contributed by atoms with Gasteiger partial charge in [0.15, 0.2) is 0 Å². The van der Waals surface area contributed by atoms with Gasteiger partial charge in [-0.15, -0.1) is 0 Å². The molecular formula is C13H22N2O2. The molecular weight excluding hydrogens is 216 g/mol. The SMILES string of the molecule is CCC(C)N1CCC2(CC1)CC(=O)NC(=O)C2. The molecule has 17 heavy (non-hydrogen) atoms. The third kappa shape index (κ3) is 2.68. The predicted octanol–water partition coefficient (Wildman–Crippen LogP) is 1.30. The van der Waals surface area contributed by atoms with E-state index in [4.69, 9.17) is 0 Å². The van der Waals surface area contributed by atoms with Gasteiger partial charge in [-0.3, -0.25) is 14.9 Å². The lowest BCUT2D eigenvalue weighted by Crippen LogP contribution is -2.51. The molecule has 2 saturated heterocycles. The van der Waals surface area contributed by atoms with Crippen molar-refractivity contribution < 1.29 is 9.59 Å². The molecule has 4 nitrogen and oxygen atoms in total. The quantitative estimate of drug-likeness (QED) is 0.738. The van der Waals surface area contributed by atoms with Gasteiger partial charge in [0.25, 0.3) is 0 Å². The Bertz CT molecular complexity index is 301. The molecule has 1 atom stereocenters. The second-order valence-corrected chi connectivity index (χ2v) is 5.62. The van der Waals surface area contributed by atoms with Gasteiger partial charge in [-0.05, 0) is 44.7 Å². The molecule has 0 bridgehead atoms. The molecule has 2 fully saturated rings. The van der Waals surface area contributed by atoms with E-state index in [1.165, 1.54) is 0 Å². The van der Waals surface area contributed by atoms with Crippen LogP contribution in [0.3, 0.4) is 0 Å². The summed E-state index contributed by atoms with van der Waals surface area (Å²) in [6.07, 6.45) is 4.19. The van der Waals surface area contributed by atoms with Crippen molar-refractivity contribution in [1.82, 2.24) is 10.2 Å². The lowest BCUT2D eigenvalue weighted by Gasteiger charge is -2.44. The van der Waals surface area contributed by atoms with Gasteiger partial charge < -0.3 is 4.90 Å². The fourth-order valence-electron chi connectivity index (χ4n) is 3.04. The molecule has 0 aromatic carbocycles. The van der Waals surface area contributed by atoms with Crippen LogP contribution in [0, 0.1) is 5.41 Å². The summed E-state index contributed by atoms with van der Waals surface area (Å²) in [6.45, 7) is 6.49. The summed E-state index contributed by atoms with van der Waals surface area (Å²) in [7, 11) is 0. The zero-order valence-electron chi connectivity index (χ0n) is 10.8. The van der Waals surface area contributed by atoms with Gasteiger partial charge in [0.1, 0.15) is 0 Å². The van der Waals surface area contributed by atoms with Crippen molar-refractivity contribution >= 4 is 11.8 Å². The van der Waals surface area contributed by atoms with Gasteiger partial charge in [-0.25, -0.2) is 0 Å². The van der Waals surface area contributed by atoms with Crippen LogP contribution in [0.15, 0.2) is 0 Å². The van der Waals surface area contributed by atoms with E-state index in [1.54, 1.807) is 0 Å². The number of likely N-dealkylation sites (tertiary alicyclic amines) is 1. The summed E-state index contributed by atoms with van der Waals surface area (Å²) in [6, 6.07) is 0.612. The molecule has 0 aromatic rings. The summed E-state index contributed by atoms with van der Waals surface area (Å²) in [4.78, 5) is 25.4. The number of hydrogen-bond donors (Lipinski definition) is 1. The molecule has 0 radical (unpaired) electrons. The zero-order valence-corrected chi connectivity index (χ0v) is 10.8. The standard InChI is InChI=1S/C13H22N2O2/c1-3-10(2)15-6-4-13(5-7-15)8-11(16)14-12(17)9-13/h10H,3-9H2,1-2H3,(H,14,16,17). The Morgan fingerprint density at radius 3 is 2.24 bits per heavy atom. The number of imide groups is 1. The molecule has 0 saturated carbocycles. The van der Waals surface area contributed by atoms with Crippen molar-refractivity contribution in [2.45, 2.75) is 52.0 Å². The molecule has 1 N–H and O–H groups in total. The van der Waals surface area contributed by atoms with E-state index in [0.717, 1.165) is 32.4 Å². The Morgan fingerprint density at radius 2 is 1.76 bits per heavy atom. The lowest BCUT2D eigenvalue weighted by molar-refractivity contribution is -0.139. The van der Waals surface area contributed by atoms with Crippen LogP contribution in [0.2, 0.25) is 0 Å². The molecule has 2 amide bonds. The van der Waals surface area contributed by atoms with E-state index in [9.17, 15) is 9.59 Å². The average Bonchev–Trinajstić information content (AvgIpc) is 2.27. The first kappa shape index (κ1) is 12.6. The minimum absolute atomic E-state index is 0.0383. The summed E-state index contributed by atoms with van der Waals surface area (Å²) in [5, 5.41) is 2.40. The van der Waals surface area contributed by atoms with E-state index >= 15 is 0 Å². The Labute approximate surface area is 103 Å². The van der Waals surface area contributed by atoms with Crippen molar-refractivity contribution in [2.24, 2.45) is 5.41 Å². The third-order valence-corrected chi connectivity index (χ3v) is 4.42. The second kappa shape index (κ2) is 4.77. The topological polar surface area (TPSA) is 49.4 Å². The van der Waals surface area contributed by atoms with Crippen LogP contribution in [0.1, 0.15) is 46.0 Å². The fourth-order valence-corrected chi connectivity index (χ4v) is 3.04. The Hall–Kier alpha value is -0.900. The van der Waals surface area contributed by atoms with Crippen molar-refractivity contribution in [1.29, 1.82) is 0 Å². The monoisotopic (exact) mass is 238 g/mol. The molecule has 2 aliphatic rings. The zero-order chi connectivity index (χ0) is 12.5. The number of carbonyl (C=O) groups excluding carboxylic acids is 2. The maximum absolute atomic E-state index is 11.5. The largest absolute Gasteiger partial charge is 0.301 e. The number of amides is 2. The molecule has 2 heterocycles. The molecule has 4 heteroatoms. The average molecular weight is 238 g/mol. The minimum atomic E-state index is -0.0850. The highest BCUT2D eigenvalue weighted by Crippen LogP contribution is 2.40. The highest BCUT2D eigenvalue weighted by Gasteiger charge is 2.42. The Morgan fingerprint density at radius 1 is 1.24 bits per heavy atom. The molecule has 96 valence electrons. The van der Waals surface area contributed by atoms with Crippen molar-refractivity contribution in [3.63, 3.8) is 0 Å². The van der Waals surface area contributed by atoms with Crippen LogP contribution in [0.5, 0.6) is 0 Å². The summed E-state index contributed by atoms with van der Waals surface area (Å²) in [5.41, 5.74) is -0.0383. The number of hydrogen-bond acceptors (Lipinski definition) is 3. The van der Waals surface area contributed by atoms with E-state index in [-0.39, 0.29) is 17.2 Å². The summed E-state index contributed by atoms with van der Waals surface area (Å²) < 4.78 is 0. The molecule has 2 aliphatic heterocycles. The maximum Gasteiger partial charge on any atom is 0.227 e. The first-order chi connectivity index (χ1) is 8.04. The van der Waals surface area contributed by atoms with Gasteiger partial charge in [-0.2, -0.15) is 0 Å². The van der Waals surface area contributed by atoms with Crippen LogP contribution < -0.4 is 5.32 Å². The molecule has 0 aliphatic carbocycles. The normalized spacial score (nSPS) is 26.9. The summed E-state index contributed by atoms with van der Waals surface area (Å²) >= 11 is 0. The highest BCUT2D eigenvalue weighted by molar-refractivity contribution is 5.98. The van der Waals surface area contributed by atoms with E-state index in [2.05, 4.69) is 24.1 Å². The van der Waals surface area contributed by atoms with Crippen molar-refractivity contribution in [3.8, 4) is 0 Å². The number of nitrogens with one attached hydrogen (secondary N) is 1. The van der Waals surface area contributed by atoms with Crippen molar-refractivity contribution in [2.75, 3.05) is 13.1 Å². The fraction of sp³-hybridized carbons (Fsp3) is 0.846. The summed E-state index contributed by atoms with van der Waals surface area (Å²) in [5.74, 6) is -0.170. The van der Waals surface area contributed by atoms with Crippen molar-refractivity contribution in [3.05, 3.63) is 0 Å². The number of rotatable bonds is 2. The van der Waals surface area contributed by atoms with E-state index < -0.39 is 0 Å². The molecule has 1 spiro atoms. The Kier molecular flexibility index (Phi) is 3.52. The van der Waals surface area contributed by atoms with Crippen LogP contribution >= 0.6 is 0 Å². The highest BCUT2D eigenvalue weighted by atomic mass is 16.2. The lowest BCUT2D eigenvalue weighted by atomic mass is 9.71. The smallest absolute Gasteiger partial charge is 0.227 e. The first-order valence-corrected chi connectivity index (χ1v) is 6.61. The van der Waals surface area contributed by atoms with Crippen LogP contribution in [-0.4, -0.2) is 35.8 Å². The van der Waals surface area contributed by atoms with E-state index in [1.807, 2.05) is 0 Å². The molecule has 1 unspecified atom stereocenters. The number of piperidine rings is 2. The minimum Gasteiger partial charge on any atom is -0.301 e. The molecule has 2 rings (SSSR count). The maximum atomic E-state index is 11.5. The predicted molar refractivity (Wildman–Crippen MR) is 65.4 cm³/mol. The van der Waals surface area contributed by atoms with Gasteiger partial charge in [0, 0.05) is 18.9 Å². The van der Waals surface area contributed by atoms with Gasteiger partial charge >= 0.3 is 0 Å². The number of carbonyl (C=O) groups is 2. The first-order valence-electron chi connectivity index (χ1n) is 6.61. The van der Waals surface area contributed by atoms with Crippen LogP contribution in [0.25, 0.3) is 0 Å². The third-order valence-electron chi connectivity index (χ3n) is 4.42. The van der Waals surface area contributed by atoms with Gasteiger partial charge in [-0.1, -0.05) is 6.92 Å². The second-order valence-electron chi connectivity index (χ2n) is 5.62. The Balaban J connectivity index is 1.97. The van der Waals surface area contributed by atoms with E-state index in [0.29, 0.717) is 18.9 Å². The van der Waals surface area contributed by atoms with Crippen LogP contribution in [-0.2, 0) is 9.59 Å². The van der Waals surface area contributed by atoms with Gasteiger partial charge in [0.2, 0.25) is 11.8 Å². The molecule has 0 aromatic heterocycles.